The monoisotopic (exact) mass is 301 g/mol. The molecule has 0 saturated heterocycles. The van der Waals surface area contributed by atoms with Gasteiger partial charge in [-0.1, -0.05) is 19.8 Å². The maximum Gasteiger partial charge on any atom is 0.256 e. The van der Waals surface area contributed by atoms with Crippen LogP contribution in [0.25, 0.3) is 11.3 Å². The zero-order valence-electron chi connectivity index (χ0n) is 13.2. The van der Waals surface area contributed by atoms with Gasteiger partial charge in [0.15, 0.2) is 0 Å². The van der Waals surface area contributed by atoms with Crippen LogP contribution < -0.4 is 10.3 Å². The standard InChI is InChI=1S/C18H23NO3/c1-3-4-5-12-19-17(11-8-15(13-20)18(19)21)14-6-9-16(22-2)10-7-14/h6-11,20H,3-5,12-13H2,1-2H3. The van der Waals surface area contributed by atoms with Gasteiger partial charge in [-0.2, -0.15) is 0 Å². The first kappa shape index (κ1) is 16.3. The molecule has 4 heteroatoms. The number of ether oxygens (including phenoxy) is 1. The van der Waals surface area contributed by atoms with Gasteiger partial charge in [0.05, 0.1) is 19.4 Å². The van der Waals surface area contributed by atoms with Gasteiger partial charge >= 0.3 is 0 Å². The Morgan fingerprint density at radius 3 is 2.41 bits per heavy atom. The average molecular weight is 301 g/mol. The van der Waals surface area contributed by atoms with Crippen molar-refractivity contribution in [2.45, 2.75) is 39.3 Å². The van der Waals surface area contributed by atoms with Gasteiger partial charge in [-0.3, -0.25) is 4.79 Å². The van der Waals surface area contributed by atoms with E-state index in [4.69, 9.17) is 4.74 Å². The lowest BCUT2D eigenvalue weighted by Gasteiger charge is -2.14. The summed E-state index contributed by atoms with van der Waals surface area (Å²) in [5, 5.41) is 9.31. The van der Waals surface area contributed by atoms with Crippen LogP contribution in [-0.4, -0.2) is 16.8 Å². The van der Waals surface area contributed by atoms with Crippen molar-refractivity contribution < 1.29 is 9.84 Å². The third kappa shape index (κ3) is 3.57. The normalized spacial score (nSPS) is 10.7. The minimum Gasteiger partial charge on any atom is -0.497 e. The van der Waals surface area contributed by atoms with Crippen LogP contribution in [0.15, 0.2) is 41.2 Å². The minimum atomic E-state index is -0.227. The summed E-state index contributed by atoms with van der Waals surface area (Å²) in [4.78, 5) is 12.5. The quantitative estimate of drug-likeness (QED) is 0.799. The molecule has 1 aromatic heterocycles. The van der Waals surface area contributed by atoms with Crippen molar-refractivity contribution >= 4 is 0 Å². The zero-order chi connectivity index (χ0) is 15.9. The number of pyridine rings is 1. The fourth-order valence-corrected chi connectivity index (χ4v) is 2.50. The Balaban J connectivity index is 2.43. The Morgan fingerprint density at radius 2 is 1.82 bits per heavy atom. The molecule has 0 unspecified atom stereocenters. The van der Waals surface area contributed by atoms with Gasteiger partial charge in [0.2, 0.25) is 0 Å². The molecule has 0 aliphatic carbocycles. The predicted octanol–water partition coefficient (Wildman–Crippen LogP) is 3.21. The van der Waals surface area contributed by atoms with E-state index in [1.54, 1.807) is 17.7 Å². The molecule has 2 rings (SSSR count). The van der Waals surface area contributed by atoms with Crippen LogP contribution in [-0.2, 0) is 13.2 Å². The molecule has 0 aliphatic rings. The average Bonchev–Trinajstić information content (AvgIpc) is 2.56. The molecule has 4 nitrogen and oxygen atoms in total. The maximum atomic E-state index is 12.5. The number of hydrogen-bond donors (Lipinski definition) is 1. The van der Waals surface area contributed by atoms with E-state index in [9.17, 15) is 9.90 Å². The fraction of sp³-hybridized carbons (Fsp3) is 0.389. The number of hydrogen-bond acceptors (Lipinski definition) is 3. The van der Waals surface area contributed by atoms with Crippen molar-refractivity contribution in [1.29, 1.82) is 0 Å². The number of nitrogens with zero attached hydrogens (tertiary/aromatic N) is 1. The van der Waals surface area contributed by atoms with Gasteiger partial charge in [-0.25, -0.2) is 0 Å². The number of aromatic nitrogens is 1. The second kappa shape index (κ2) is 7.80. The molecule has 0 saturated carbocycles. The molecule has 0 radical (unpaired) electrons. The second-order valence-electron chi connectivity index (χ2n) is 5.29. The van der Waals surface area contributed by atoms with Crippen molar-refractivity contribution in [3.8, 4) is 17.0 Å². The van der Waals surface area contributed by atoms with Crippen molar-refractivity contribution in [3.63, 3.8) is 0 Å². The molecule has 0 atom stereocenters. The molecule has 1 N–H and O–H groups in total. The molecule has 22 heavy (non-hydrogen) atoms. The van der Waals surface area contributed by atoms with Gasteiger partial charge in [0, 0.05) is 12.1 Å². The Kier molecular flexibility index (Phi) is 5.78. The molecule has 0 fully saturated rings. The number of rotatable bonds is 7. The highest BCUT2D eigenvalue weighted by atomic mass is 16.5. The summed E-state index contributed by atoms with van der Waals surface area (Å²) < 4.78 is 6.94. The lowest BCUT2D eigenvalue weighted by Crippen LogP contribution is -2.25. The third-order valence-corrected chi connectivity index (χ3v) is 3.79. The van der Waals surface area contributed by atoms with Crippen LogP contribution in [0.1, 0.15) is 31.7 Å². The van der Waals surface area contributed by atoms with Crippen LogP contribution in [0.3, 0.4) is 0 Å². The summed E-state index contributed by atoms with van der Waals surface area (Å²) in [6, 6.07) is 11.3. The second-order valence-corrected chi connectivity index (χ2v) is 5.29. The summed E-state index contributed by atoms with van der Waals surface area (Å²) in [5.74, 6) is 0.788. The van der Waals surface area contributed by atoms with Crippen LogP contribution in [0, 0.1) is 0 Å². The van der Waals surface area contributed by atoms with E-state index >= 15 is 0 Å². The topological polar surface area (TPSA) is 51.5 Å². The Bertz CT molecular complexity index is 659. The molecule has 0 aliphatic heterocycles. The largest absolute Gasteiger partial charge is 0.497 e. The molecule has 1 heterocycles. The summed E-state index contributed by atoms with van der Waals surface area (Å²) in [5.41, 5.74) is 2.18. The Hall–Kier alpha value is -2.07. The lowest BCUT2D eigenvalue weighted by atomic mass is 10.1. The lowest BCUT2D eigenvalue weighted by molar-refractivity contribution is 0.279. The summed E-state index contributed by atoms with van der Waals surface area (Å²) in [7, 11) is 1.63. The van der Waals surface area contributed by atoms with E-state index in [1.165, 1.54) is 0 Å². The Morgan fingerprint density at radius 1 is 1.09 bits per heavy atom. The summed E-state index contributed by atoms with van der Waals surface area (Å²) >= 11 is 0. The summed E-state index contributed by atoms with van der Waals surface area (Å²) in [6.07, 6.45) is 3.14. The van der Waals surface area contributed by atoms with Crippen LogP contribution in [0.2, 0.25) is 0 Å². The smallest absolute Gasteiger partial charge is 0.256 e. The highest BCUT2D eigenvalue weighted by Crippen LogP contribution is 2.22. The van der Waals surface area contributed by atoms with Crippen molar-refractivity contribution in [3.05, 3.63) is 52.3 Å². The molecule has 0 bridgehead atoms. The van der Waals surface area contributed by atoms with E-state index in [0.29, 0.717) is 12.1 Å². The highest BCUT2D eigenvalue weighted by molar-refractivity contribution is 5.61. The highest BCUT2D eigenvalue weighted by Gasteiger charge is 2.10. The van der Waals surface area contributed by atoms with Gasteiger partial charge in [-0.15, -0.1) is 0 Å². The molecule has 0 spiro atoms. The first-order valence-electron chi connectivity index (χ1n) is 7.69. The molecule has 0 amide bonds. The molecule has 2 aromatic rings. The van der Waals surface area contributed by atoms with Crippen LogP contribution in [0.5, 0.6) is 5.75 Å². The molecule has 118 valence electrons. The van der Waals surface area contributed by atoms with E-state index < -0.39 is 0 Å². The van der Waals surface area contributed by atoms with Crippen molar-refractivity contribution in [1.82, 2.24) is 4.57 Å². The summed E-state index contributed by atoms with van der Waals surface area (Å²) in [6.45, 7) is 2.58. The van der Waals surface area contributed by atoms with Gasteiger partial charge < -0.3 is 14.4 Å². The number of aliphatic hydroxyl groups excluding tert-OH is 1. The van der Waals surface area contributed by atoms with Gasteiger partial charge in [-0.05, 0) is 48.4 Å². The van der Waals surface area contributed by atoms with Gasteiger partial charge in [0.1, 0.15) is 5.75 Å². The van der Waals surface area contributed by atoms with E-state index in [2.05, 4.69) is 6.92 Å². The first-order valence-corrected chi connectivity index (χ1v) is 7.69. The number of benzene rings is 1. The Labute approximate surface area is 131 Å². The van der Waals surface area contributed by atoms with E-state index in [-0.39, 0.29) is 12.2 Å². The SMILES string of the molecule is CCCCCn1c(-c2ccc(OC)cc2)ccc(CO)c1=O. The first-order chi connectivity index (χ1) is 10.7. The van der Waals surface area contributed by atoms with E-state index in [1.807, 2.05) is 30.3 Å². The molecular formula is C18H23NO3. The minimum absolute atomic E-state index is 0.105. The molecular weight excluding hydrogens is 278 g/mol. The third-order valence-electron chi connectivity index (χ3n) is 3.79. The van der Waals surface area contributed by atoms with Crippen molar-refractivity contribution in [2.75, 3.05) is 7.11 Å². The molecule has 1 aromatic carbocycles. The fourth-order valence-electron chi connectivity index (χ4n) is 2.50. The van der Waals surface area contributed by atoms with Crippen LogP contribution >= 0.6 is 0 Å². The number of unbranched alkanes of at least 4 members (excludes halogenated alkanes) is 2. The van der Waals surface area contributed by atoms with Gasteiger partial charge in [0.25, 0.3) is 5.56 Å². The zero-order valence-corrected chi connectivity index (χ0v) is 13.2. The number of aliphatic hydroxyl groups is 1. The van der Waals surface area contributed by atoms with Crippen molar-refractivity contribution in [2.24, 2.45) is 0 Å². The maximum absolute atomic E-state index is 12.5. The number of methoxy groups -OCH3 is 1. The van der Waals surface area contributed by atoms with E-state index in [0.717, 1.165) is 36.3 Å². The van der Waals surface area contributed by atoms with Crippen LogP contribution in [0.4, 0.5) is 0 Å². The predicted molar refractivity (Wildman–Crippen MR) is 88.1 cm³/mol.